The monoisotopic (exact) mass is 425 g/mol. The minimum absolute atomic E-state index is 0.277. The van der Waals surface area contributed by atoms with Gasteiger partial charge in [-0.05, 0) is 60.8 Å². The molecule has 0 radical (unpaired) electrons. The van der Waals surface area contributed by atoms with E-state index in [1.807, 2.05) is 24.3 Å². The van der Waals surface area contributed by atoms with E-state index in [2.05, 4.69) is 21.5 Å². The molecule has 1 aliphatic carbocycles. The molecule has 1 amide bonds. The second kappa shape index (κ2) is 9.32. The van der Waals surface area contributed by atoms with Crippen molar-refractivity contribution in [1.82, 2.24) is 10.3 Å². The van der Waals surface area contributed by atoms with Crippen molar-refractivity contribution in [2.75, 3.05) is 26.3 Å². The second-order valence-corrected chi connectivity index (χ2v) is 7.72. The molecule has 1 aromatic heterocycles. The molecule has 2 heterocycles. The standard InChI is InChI=1S/C23H24ClN3O3/c1-16-21(8-11-30-16)23(28)26-25-15-19-5-4-18(14-17-2-6-20(24)7-3-17)22(19)27-9-12-29-13-10-27/h2-3,6-8,11,14-15H,4-5,9-10,12-13H2,1H3,(H,26,28)/b18-14-,25-15?. The Morgan fingerprint density at radius 1 is 1.17 bits per heavy atom. The van der Waals surface area contributed by atoms with Crippen LogP contribution >= 0.6 is 11.6 Å². The van der Waals surface area contributed by atoms with E-state index < -0.39 is 0 Å². The summed E-state index contributed by atoms with van der Waals surface area (Å²) in [4.78, 5) is 14.6. The average Bonchev–Trinajstić information content (AvgIpc) is 3.36. The number of hydrazone groups is 1. The number of allylic oxidation sites excluding steroid dienone is 2. The van der Waals surface area contributed by atoms with Crippen molar-refractivity contribution >= 4 is 29.8 Å². The summed E-state index contributed by atoms with van der Waals surface area (Å²) in [6.45, 7) is 4.84. The molecule has 30 heavy (non-hydrogen) atoms. The van der Waals surface area contributed by atoms with E-state index in [0.717, 1.165) is 42.1 Å². The van der Waals surface area contributed by atoms with Crippen LogP contribution in [0.2, 0.25) is 5.02 Å². The highest BCUT2D eigenvalue weighted by atomic mass is 35.5. The van der Waals surface area contributed by atoms with Gasteiger partial charge in [-0.2, -0.15) is 5.10 Å². The van der Waals surface area contributed by atoms with Crippen LogP contribution in [0.1, 0.15) is 34.5 Å². The Morgan fingerprint density at radius 2 is 1.93 bits per heavy atom. The van der Waals surface area contributed by atoms with Gasteiger partial charge in [-0.3, -0.25) is 4.79 Å². The first kappa shape index (κ1) is 20.4. The molecular weight excluding hydrogens is 402 g/mol. The molecule has 0 atom stereocenters. The molecule has 7 heteroatoms. The van der Waals surface area contributed by atoms with Crippen LogP contribution in [0.5, 0.6) is 0 Å². The molecule has 0 spiro atoms. The average molecular weight is 426 g/mol. The summed E-state index contributed by atoms with van der Waals surface area (Å²) < 4.78 is 10.7. The lowest BCUT2D eigenvalue weighted by molar-refractivity contribution is 0.0548. The number of hydrogen-bond donors (Lipinski definition) is 1. The molecule has 1 fully saturated rings. The number of amides is 1. The summed E-state index contributed by atoms with van der Waals surface area (Å²) in [7, 11) is 0. The van der Waals surface area contributed by atoms with Crippen LogP contribution in [0.3, 0.4) is 0 Å². The fourth-order valence-corrected chi connectivity index (χ4v) is 3.91. The summed E-state index contributed by atoms with van der Waals surface area (Å²) in [5, 5.41) is 4.95. The van der Waals surface area contributed by atoms with Gasteiger partial charge in [0.05, 0.1) is 31.3 Å². The molecule has 0 bridgehead atoms. The number of carbonyl (C=O) groups is 1. The maximum absolute atomic E-state index is 12.3. The van der Waals surface area contributed by atoms with Gasteiger partial charge in [0.2, 0.25) is 0 Å². The van der Waals surface area contributed by atoms with Gasteiger partial charge in [0.25, 0.3) is 5.91 Å². The Morgan fingerprint density at radius 3 is 2.63 bits per heavy atom. The van der Waals surface area contributed by atoms with E-state index >= 15 is 0 Å². The number of nitrogens with zero attached hydrogens (tertiary/aromatic N) is 2. The third-order valence-corrected chi connectivity index (χ3v) is 5.55. The molecule has 0 saturated carbocycles. The minimum atomic E-state index is -0.277. The molecule has 6 nitrogen and oxygen atoms in total. The number of furan rings is 1. The highest BCUT2D eigenvalue weighted by Gasteiger charge is 2.25. The molecule has 2 aromatic rings. The second-order valence-electron chi connectivity index (χ2n) is 7.28. The molecule has 2 aliphatic rings. The van der Waals surface area contributed by atoms with Gasteiger partial charge in [-0.25, -0.2) is 5.43 Å². The van der Waals surface area contributed by atoms with Crippen LogP contribution < -0.4 is 5.43 Å². The summed E-state index contributed by atoms with van der Waals surface area (Å²) >= 11 is 6.02. The zero-order valence-electron chi connectivity index (χ0n) is 16.9. The third kappa shape index (κ3) is 4.66. The SMILES string of the molecule is Cc1occc1C(=O)NN=CC1=C(N2CCOCC2)/C(=C\c2ccc(Cl)cc2)CC1. The Labute approximate surface area is 180 Å². The van der Waals surface area contributed by atoms with Crippen molar-refractivity contribution in [3.63, 3.8) is 0 Å². The highest BCUT2D eigenvalue weighted by Crippen LogP contribution is 2.35. The number of halogens is 1. The molecule has 1 saturated heterocycles. The van der Waals surface area contributed by atoms with Gasteiger partial charge in [-0.1, -0.05) is 23.7 Å². The van der Waals surface area contributed by atoms with Crippen molar-refractivity contribution in [3.05, 3.63) is 75.3 Å². The predicted molar refractivity (Wildman–Crippen MR) is 117 cm³/mol. The topological polar surface area (TPSA) is 67.1 Å². The third-order valence-electron chi connectivity index (χ3n) is 5.30. The van der Waals surface area contributed by atoms with Crippen molar-refractivity contribution in [1.29, 1.82) is 0 Å². The van der Waals surface area contributed by atoms with Crippen LogP contribution in [0, 0.1) is 6.92 Å². The maximum Gasteiger partial charge on any atom is 0.274 e. The quantitative estimate of drug-likeness (QED) is 0.568. The lowest BCUT2D eigenvalue weighted by atomic mass is 10.1. The first-order valence-electron chi connectivity index (χ1n) is 10.0. The lowest BCUT2D eigenvalue weighted by Crippen LogP contribution is -2.36. The number of nitrogens with one attached hydrogen (secondary N) is 1. The largest absolute Gasteiger partial charge is 0.469 e. The van der Waals surface area contributed by atoms with Crippen LogP contribution in [0.25, 0.3) is 6.08 Å². The van der Waals surface area contributed by atoms with Crippen molar-refractivity contribution in [2.24, 2.45) is 5.10 Å². The Hall–Kier alpha value is -2.83. The molecule has 0 unspecified atom stereocenters. The summed E-state index contributed by atoms with van der Waals surface area (Å²) in [5.41, 5.74) is 7.77. The summed E-state index contributed by atoms with van der Waals surface area (Å²) in [6.07, 6.45) is 7.26. The Kier molecular flexibility index (Phi) is 6.35. The van der Waals surface area contributed by atoms with Crippen LogP contribution in [-0.4, -0.2) is 43.3 Å². The zero-order valence-corrected chi connectivity index (χ0v) is 17.6. The number of rotatable bonds is 5. The lowest BCUT2D eigenvalue weighted by Gasteiger charge is -2.31. The molecule has 156 valence electrons. The van der Waals surface area contributed by atoms with E-state index in [4.69, 9.17) is 20.8 Å². The maximum atomic E-state index is 12.3. The van der Waals surface area contributed by atoms with Gasteiger partial charge in [0.15, 0.2) is 0 Å². The minimum Gasteiger partial charge on any atom is -0.469 e. The number of morpholine rings is 1. The smallest absolute Gasteiger partial charge is 0.274 e. The molecule has 1 aromatic carbocycles. The zero-order chi connectivity index (χ0) is 20.9. The summed E-state index contributed by atoms with van der Waals surface area (Å²) in [5.74, 6) is 0.297. The normalized spacial score (nSPS) is 18.6. The molecule has 1 aliphatic heterocycles. The fourth-order valence-electron chi connectivity index (χ4n) is 3.78. The summed E-state index contributed by atoms with van der Waals surface area (Å²) in [6, 6.07) is 9.48. The number of ether oxygens (including phenoxy) is 1. The number of aryl methyl sites for hydroxylation is 1. The number of benzene rings is 1. The van der Waals surface area contributed by atoms with Gasteiger partial charge in [0.1, 0.15) is 5.76 Å². The van der Waals surface area contributed by atoms with Crippen LogP contribution in [0.15, 0.2) is 63.0 Å². The predicted octanol–water partition coefficient (Wildman–Crippen LogP) is 4.42. The van der Waals surface area contributed by atoms with E-state index in [9.17, 15) is 4.79 Å². The van der Waals surface area contributed by atoms with E-state index in [1.165, 1.54) is 17.5 Å². The van der Waals surface area contributed by atoms with Gasteiger partial charge in [0, 0.05) is 23.8 Å². The molecular formula is C23H24ClN3O3. The van der Waals surface area contributed by atoms with Crippen LogP contribution in [-0.2, 0) is 4.74 Å². The van der Waals surface area contributed by atoms with E-state index in [-0.39, 0.29) is 5.91 Å². The van der Waals surface area contributed by atoms with E-state index in [0.29, 0.717) is 24.5 Å². The van der Waals surface area contributed by atoms with Gasteiger partial charge < -0.3 is 14.1 Å². The van der Waals surface area contributed by atoms with Crippen molar-refractivity contribution < 1.29 is 13.9 Å². The highest BCUT2D eigenvalue weighted by molar-refractivity contribution is 6.30. The number of hydrogen-bond acceptors (Lipinski definition) is 5. The first-order valence-corrected chi connectivity index (χ1v) is 10.4. The van der Waals surface area contributed by atoms with Crippen molar-refractivity contribution in [3.8, 4) is 0 Å². The first-order chi connectivity index (χ1) is 14.6. The van der Waals surface area contributed by atoms with Gasteiger partial charge >= 0.3 is 0 Å². The van der Waals surface area contributed by atoms with Crippen molar-refractivity contribution in [2.45, 2.75) is 19.8 Å². The molecule has 1 N–H and O–H groups in total. The Balaban J connectivity index is 1.57. The molecule has 4 rings (SSSR count). The van der Waals surface area contributed by atoms with E-state index in [1.54, 1.807) is 19.2 Å². The number of carbonyl (C=O) groups excluding carboxylic acids is 1. The van der Waals surface area contributed by atoms with Crippen LogP contribution in [0.4, 0.5) is 0 Å². The Bertz CT molecular complexity index is 999. The van der Waals surface area contributed by atoms with Gasteiger partial charge in [-0.15, -0.1) is 0 Å². The fraction of sp³-hybridized carbons (Fsp3) is 0.304.